The van der Waals surface area contributed by atoms with Crippen molar-refractivity contribution in [3.63, 3.8) is 0 Å². The first kappa shape index (κ1) is 11.2. The average molecular weight is 314 g/mol. The Balaban J connectivity index is 1.89. The van der Waals surface area contributed by atoms with Crippen molar-refractivity contribution in [3.8, 4) is 5.82 Å². The fourth-order valence-corrected chi connectivity index (χ4v) is 2.69. The van der Waals surface area contributed by atoms with Gasteiger partial charge in [0.25, 0.3) is 0 Å². The Morgan fingerprint density at radius 3 is 2.89 bits per heavy atom. The summed E-state index contributed by atoms with van der Waals surface area (Å²) in [6.45, 7) is 0. The zero-order chi connectivity index (χ0) is 12.8. The lowest BCUT2D eigenvalue weighted by molar-refractivity contribution is 0.854. The lowest BCUT2D eigenvalue weighted by Crippen LogP contribution is -2.01. The van der Waals surface area contributed by atoms with Crippen molar-refractivity contribution in [3.05, 3.63) is 52.8 Å². The van der Waals surface area contributed by atoms with E-state index in [4.69, 9.17) is 4.98 Å². The summed E-state index contributed by atoms with van der Waals surface area (Å²) >= 11 is 3.51. The van der Waals surface area contributed by atoms with Crippen molar-refractivity contribution in [1.82, 2.24) is 14.8 Å². The molecule has 4 rings (SSSR count). The van der Waals surface area contributed by atoms with Crippen LogP contribution in [0.4, 0.5) is 0 Å². The fraction of sp³-hybridized carbons (Fsp3) is 0.200. The first-order chi connectivity index (χ1) is 9.31. The van der Waals surface area contributed by atoms with Crippen LogP contribution in [0.1, 0.15) is 24.5 Å². The molecule has 0 spiro atoms. The largest absolute Gasteiger partial charge is 0.233 e. The molecule has 3 nitrogen and oxygen atoms in total. The molecule has 0 bridgehead atoms. The summed E-state index contributed by atoms with van der Waals surface area (Å²) in [7, 11) is 0. The van der Waals surface area contributed by atoms with Gasteiger partial charge in [-0.05, 0) is 37.1 Å². The van der Waals surface area contributed by atoms with Crippen LogP contribution in [0.5, 0.6) is 0 Å². The number of hydrogen-bond donors (Lipinski definition) is 0. The van der Waals surface area contributed by atoms with Crippen molar-refractivity contribution in [1.29, 1.82) is 0 Å². The smallest absolute Gasteiger partial charge is 0.154 e. The molecule has 2 aromatic heterocycles. The number of aromatic nitrogens is 3. The Hall–Kier alpha value is -1.68. The van der Waals surface area contributed by atoms with Crippen LogP contribution < -0.4 is 0 Å². The Morgan fingerprint density at radius 1 is 1.16 bits per heavy atom. The van der Waals surface area contributed by atoms with Gasteiger partial charge in [-0.15, -0.1) is 0 Å². The zero-order valence-corrected chi connectivity index (χ0v) is 11.8. The van der Waals surface area contributed by atoms with Gasteiger partial charge in [0.05, 0.1) is 11.7 Å². The molecule has 0 radical (unpaired) electrons. The van der Waals surface area contributed by atoms with Crippen LogP contribution in [0.2, 0.25) is 0 Å². The van der Waals surface area contributed by atoms with Gasteiger partial charge in [0.1, 0.15) is 0 Å². The monoisotopic (exact) mass is 313 g/mol. The van der Waals surface area contributed by atoms with E-state index in [1.165, 1.54) is 18.5 Å². The molecule has 0 N–H and O–H groups in total. The number of halogens is 1. The van der Waals surface area contributed by atoms with Crippen LogP contribution in [0.3, 0.4) is 0 Å². The predicted octanol–water partition coefficient (Wildman–Crippen LogP) is 4.06. The highest BCUT2D eigenvalue weighted by molar-refractivity contribution is 9.10. The van der Waals surface area contributed by atoms with Crippen LogP contribution in [0, 0.1) is 0 Å². The van der Waals surface area contributed by atoms with Gasteiger partial charge in [0.15, 0.2) is 5.82 Å². The molecule has 0 unspecified atom stereocenters. The molecule has 1 fully saturated rings. The molecular weight excluding hydrogens is 302 g/mol. The van der Waals surface area contributed by atoms with E-state index >= 15 is 0 Å². The van der Waals surface area contributed by atoms with E-state index in [0.717, 1.165) is 21.2 Å². The average Bonchev–Trinajstić information content (AvgIpc) is 3.20. The Kier molecular flexibility index (Phi) is 2.45. The van der Waals surface area contributed by atoms with Gasteiger partial charge in [-0.3, -0.25) is 0 Å². The van der Waals surface area contributed by atoms with Gasteiger partial charge in [0, 0.05) is 21.5 Å². The van der Waals surface area contributed by atoms with E-state index in [2.05, 4.69) is 45.3 Å². The normalized spacial score (nSPS) is 15.0. The van der Waals surface area contributed by atoms with Gasteiger partial charge in [0.2, 0.25) is 0 Å². The number of rotatable bonds is 2. The third-order valence-electron chi connectivity index (χ3n) is 3.50. The summed E-state index contributed by atoms with van der Waals surface area (Å²) in [6, 6.07) is 12.4. The third kappa shape index (κ3) is 1.96. The quantitative estimate of drug-likeness (QED) is 0.714. The van der Waals surface area contributed by atoms with Crippen LogP contribution >= 0.6 is 15.9 Å². The van der Waals surface area contributed by atoms with Gasteiger partial charge in [-0.25, -0.2) is 9.67 Å². The summed E-state index contributed by atoms with van der Waals surface area (Å²) in [5.74, 6) is 1.56. The molecule has 0 aliphatic heterocycles. The first-order valence-electron chi connectivity index (χ1n) is 6.42. The molecular formula is C15H12BrN3. The minimum Gasteiger partial charge on any atom is -0.233 e. The number of nitrogens with zero attached hydrogens (tertiary/aromatic N) is 3. The SMILES string of the molecule is Brc1ccc2cnn(-c3cccc(C4CC4)n3)c2c1. The minimum atomic E-state index is 0.661. The van der Waals surface area contributed by atoms with Crippen molar-refractivity contribution < 1.29 is 0 Å². The molecule has 19 heavy (non-hydrogen) atoms. The van der Waals surface area contributed by atoms with Crippen molar-refractivity contribution in [2.45, 2.75) is 18.8 Å². The molecule has 1 aliphatic carbocycles. The highest BCUT2D eigenvalue weighted by Crippen LogP contribution is 2.39. The van der Waals surface area contributed by atoms with E-state index < -0.39 is 0 Å². The molecule has 0 amide bonds. The topological polar surface area (TPSA) is 30.7 Å². The Labute approximate surface area is 119 Å². The molecule has 4 heteroatoms. The predicted molar refractivity (Wildman–Crippen MR) is 78.5 cm³/mol. The molecule has 0 saturated heterocycles. The van der Waals surface area contributed by atoms with Gasteiger partial charge in [-0.1, -0.05) is 28.1 Å². The second-order valence-electron chi connectivity index (χ2n) is 4.95. The first-order valence-corrected chi connectivity index (χ1v) is 7.21. The molecule has 1 aromatic carbocycles. The van der Waals surface area contributed by atoms with Crippen LogP contribution in [0.25, 0.3) is 16.7 Å². The summed E-state index contributed by atoms with van der Waals surface area (Å²) in [6.07, 6.45) is 4.41. The zero-order valence-electron chi connectivity index (χ0n) is 10.3. The standard InChI is InChI=1S/C15H12BrN3/c16-12-7-6-11-9-17-19(14(11)8-12)15-3-1-2-13(18-15)10-4-5-10/h1-3,6-10H,4-5H2. The molecule has 1 saturated carbocycles. The molecule has 3 aromatic rings. The van der Waals surface area contributed by atoms with Gasteiger partial charge in [-0.2, -0.15) is 5.10 Å². The summed E-state index contributed by atoms with van der Waals surface area (Å²) in [5.41, 5.74) is 2.27. The number of pyridine rings is 1. The lowest BCUT2D eigenvalue weighted by Gasteiger charge is -2.05. The summed E-state index contributed by atoms with van der Waals surface area (Å²) in [5, 5.41) is 5.59. The highest BCUT2D eigenvalue weighted by atomic mass is 79.9. The molecule has 94 valence electrons. The van der Waals surface area contributed by atoms with Gasteiger partial charge >= 0.3 is 0 Å². The van der Waals surface area contributed by atoms with E-state index in [1.807, 2.05) is 23.0 Å². The van der Waals surface area contributed by atoms with E-state index in [0.29, 0.717) is 5.92 Å². The van der Waals surface area contributed by atoms with E-state index in [-0.39, 0.29) is 0 Å². The maximum absolute atomic E-state index is 4.74. The third-order valence-corrected chi connectivity index (χ3v) is 3.99. The van der Waals surface area contributed by atoms with Crippen LogP contribution in [-0.4, -0.2) is 14.8 Å². The second-order valence-corrected chi connectivity index (χ2v) is 5.87. The van der Waals surface area contributed by atoms with Crippen molar-refractivity contribution in [2.75, 3.05) is 0 Å². The van der Waals surface area contributed by atoms with Crippen LogP contribution in [0.15, 0.2) is 47.1 Å². The lowest BCUT2D eigenvalue weighted by atomic mass is 10.2. The molecule has 2 heterocycles. The van der Waals surface area contributed by atoms with Crippen LogP contribution in [-0.2, 0) is 0 Å². The number of benzene rings is 1. The maximum Gasteiger partial charge on any atom is 0.154 e. The Bertz CT molecular complexity index is 759. The van der Waals surface area contributed by atoms with Crippen molar-refractivity contribution in [2.24, 2.45) is 0 Å². The van der Waals surface area contributed by atoms with Gasteiger partial charge < -0.3 is 0 Å². The fourth-order valence-electron chi connectivity index (χ4n) is 2.34. The minimum absolute atomic E-state index is 0.661. The summed E-state index contributed by atoms with van der Waals surface area (Å²) in [4.78, 5) is 4.74. The number of hydrogen-bond acceptors (Lipinski definition) is 2. The van der Waals surface area contributed by atoms with Crippen molar-refractivity contribution >= 4 is 26.8 Å². The summed E-state index contributed by atoms with van der Waals surface area (Å²) < 4.78 is 2.96. The molecule has 0 atom stereocenters. The molecule has 1 aliphatic rings. The number of fused-ring (bicyclic) bond motifs is 1. The highest BCUT2D eigenvalue weighted by Gasteiger charge is 2.25. The van der Waals surface area contributed by atoms with E-state index in [9.17, 15) is 0 Å². The Morgan fingerprint density at radius 2 is 2.05 bits per heavy atom. The van der Waals surface area contributed by atoms with E-state index in [1.54, 1.807) is 0 Å². The maximum atomic E-state index is 4.74. The second kappa shape index (κ2) is 4.17.